The van der Waals surface area contributed by atoms with Crippen LogP contribution in [0, 0.1) is 11.8 Å². The average molecular weight is 265 g/mol. The van der Waals surface area contributed by atoms with Crippen molar-refractivity contribution in [1.29, 1.82) is 0 Å². The molecule has 1 heterocycles. The van der Waals surface area contributed by atoms with E-state index >= 15 is 0 Å². The predicted molar refractivity (Wildman–Crippen MR) is 71.4 cm³/mol. The maximum Gasteiger partial charge on any atom is 0.315 e. The van der Waals surface area contributed by atoms with Crippen LogP contribution < -0.4 is 10.6 Å². The molecule has 2 amide bonds. The van der Waals surface area contributed by atoms with Gasteiger partial charge in [0.2, 0.25) is 0 Å². The highest BCUT2D eigenvalue weighted by Gasteiger charge is 2.36. The van der Waals surface area contributed by atoms with Gasteiger partial charge in [0.25, 0.3) is 0 Å². The van der Waals surface area contributed by atoms with Crippen LogP contribution in [0.15, 0.2) is 11.6 Å². The van der Waals surface area contributed by atoms with Crippen molar-refractivity contribution in [3.63, 3.8) is 0 Å². The monoisotopic (exact) mass is 265 g/mol. The van der Waals surface area contributed by atoms with Crippen molar-refractivity contribution < 1.29 is 4.79 Å². The van der Waals surface area contributed by atoms with E-state index in [1.807, 2.05) is 11.6 Å². The topological polar surface area (TPSA) is 54.0 Å². The Morgan fingerprint density at radius 2 is 2.06 bits per heavy atom. The summed E-state index contributed by atoms with van der Waals surface area (Å²) in [6.07, 6.45) is 6.70. The van der Waals surface area contributed by atoms with E-state index in [4.69, 9.17) is 0 Å². The van der Waals surface area contributed by atoms with E-state index in [9.17, 15) is 4.79 Å². The molecule has 4 nitrogen and oxygen atoms in total. The molecule has 2 N–H and O–H groups in total. The van der Waals surface area contributed by atoms with Gasteiger partial charge in [0.15, 0.2) is 0 Å². The molecule has 2 aliphatic rings. The number of hydrogen-bond acceptors (Lipinski definition) is 3. The molecule has 1 aromatic rings. The van der Waals surface area contributed by atoms with Gasteiger partial charge in [-0.25, -0.2) is 9.78 Å². The third-order valence-electron chi connectivity index (χ3n) is 3.79. The first kappa shape index (κ1) is 12.0. The van der Waals surface area contributed by atoms with Gasteiger partial charge in [-0.2, -0.15) is 0 Å². The van der Waals surface area contributed by atoms with Gasteiger partial charge in [-0.1, -0.05) is 0 Å². The second-order valence-corrected chi connectivity index (χ2v) is 6.36. The van der Waals surface area contributed by atoms with Gasteiger partial charge in [-0.3, -0.25) is 0 Å². The summed E-state index contributed by atoms with van der Waals surface area (Å²) >= 11 is 1.63. The zero-order valence-electron chi connectivity index (χ0n) is 10.6. The number of aromatic nitrogens is 1. The smallest absolute Gasteiger partial charge is 0.315 e. The van der Waals surface area contributed by atoms with Crippen molar-refractivity contribution in [2.45, 2.75) is 44.7 Å². The van der Waals surface area contributed by atoms with E-state index in [1.54, 1.807) is 11.3 Å². The summed E-state index contributed by atoms with van der Waals surface area (Å²) in [5, 5.41) is 9.14. The first-order valence-corrected chi connectivity index (χ1v) is 7.58. The van der Waals surface area contributed by atoms with Crippen LogP contribution in [0.1, 0.15) is 43.7 Å². The number of nitrogens with zero attached hydrogens (tertiary/aromatic N) is 1. The van der Waals surface area contributed by atoms with E-state index < -0.39 is 0 Å². The molecule has 2 aliphatic carbocycles. The first-order chi connectivity index (χ1) is 8.74. The standard InChI is InChI=1S/C13H19N3OS/c1-8(9-2-3-9)15-13(17)16-11(10-4-5-10)12-14-6-7-18-12/h6-11H,2-5H2,1H3,(H2,15,16,17)/t8-,11-/m1/s1. The summed E-state index contributed by atoms with van der Waals surface area (Å²) in [6, 6.07) is 0.360. The highest BCUT2D eigenvalue weighted by molar-refractivity contribution is 7.09. The molecule has 0 unspecified atom stereocenters. The lowest BCUT2D eigenvalue weighted by Crippen LogP contribution is -2.43. The molecule has 1 aromatic heterocycles. The van der Waals surface area contributed by atoms with Crippen molar-refractivity contribution in [3.05, 3.63) is 16.6 Å². The molecular weight excluding hydrogens is 246 g/mol. The lowest BCUT2D eigenvalue weighted by atomic mass is 10.2. The van der Waals surface area contributed by atoms with E-state index in [0.717, 1.165) is 5.01 Å². The Kier molecular flexibility index (Phi) is 3.24. The fourth-order valence-electron chi connectivity index (χ4n) is 2.30. The molecule has 98 valence electrons. The van der Waals surface area contributed by atoms with Crippen LogP contribution in [0.25, 0.3) is 0 Å². The largest absolute Gasteiger partial charge is 0.335 e. The summed E-state index contributed by atoms with van der Waals surface area (Å²) in [5.74, 6) is 1.27. The zero-order chi connectivity index (χ0) is 12.5. The molecule has 3 rings (SSSR count). The van der Waals surface area contributed by atoms with Crippen molar-refractivity contribution in [2.75, 3.05) is 0 Å². The fourth-order valence-corrected chi connectivity index (χ4v) is 3.08. The third-order valence-corrected chi connectivity index (χ3v) is 4.64. The molecule has 0 saturated heterocycles. The van der Waals surface area contributed by atoms with E-state index in [0.29, 0.717) is 17.9 Å². The number of hydrogen-bond donors (Lipinski definition) is 2. The summed E-state index contributed by atoms with van der Waals surface area (Å²) in [6.45, 7) is 2.09. The second kappa shape index (κ2) is 4.88. The second-order valence-electron chi connectivity index (χ2n) is 5.43. The Balaban J connectivity index is 1.57. The van der Waals surface area contributed by atoms with Crippen molar-refractivity contribution >= 4 is 17.4 Å². The maximum absolute atomic E-state index is 12.0. The fraction of sp³-hybridized carbons (Fsp3) is 0.692. The minimum atomic E-state index is -0.0403. The SMILES string of the molecule is C[C@@H](NC(=O)N[C@@H](c1nccs1)C1CC1)C1CC1. The highest BCUT2D eigenvalue weighted by atomic mass is 32.1. The Morgan fingerprint density at radius 1 is 1.33 bits per heavy atom. The van der Waals surface area contributed by atoms with Gasteiger partial charge in [0, 0.05) is 17.6 Å². The minimum Gasteiger partial charge on any atom is -0.335 e. The number of nitrogens with one attached hydrogen (secondary N) is 2. The third kappa shape index (κ3) is 2.83. The molecule has 0 aliphatic heterocycles. The molecule has 0 aromatic carbocycles. The van der Waals surface area contributed by atoms with Crippen LogP contribution in [0.5, 0.6) is 0 Å². The minimum absolute atomic E-state index is 0.0403. The van der Waals surface area contributed by atoms with Crippen molar-refractivity contribution in [2.24, 2.45) is 11.8 Å². The Morgan fingerprint density at radius 3 is 2.61 bits per heavy atom. The first-order valence-electron chi connectivity index (χ1n) is 6.70. The van der Waals surface area contributed by atoms with Crippen molar-refractivity contribution in [3.8, 4) is 0 Å². The highest BCUT2D eigenvalue weighted by Crippen LogP contribution is 2.41. The molecule has 0 radical (unpaired) electrons. The summed E-state index contributed by atoms with van der Waals surface area (Å²) in [7, 11) is 0. The molecule has 0 bridgehead atoms. The van der Waals surface area contributed by atoms with E-state index in [2.05, 4.69) is 22.5 Å². The summed E-state index contributed by atoms with van der Waals surface area (Å²) < 4.78 is 0. The van der Waals surface area contributed by atoms with Crippen LogP contribution in [0.2, 0.25) is 0 Å². The number of amides is 2. The van der Waals surface area contributed by atoms with Gasteiger partial charge < -0.3 is 10.6 Å². The van der Waals surface area contributed by atoms with Crippen LogP contribution in [-0.4, -0.2) is 17.1 Å². The summed E-state index contributed by atoms with van der Waals surface area (Å²) in [5.41, 5.74) is 0. The number of rotatable bonds is 5. The maximum atomic E-state index is 12.0. The number of urea groups is 1. The van der Waals surface area contributed by atoms with Gasteiger partial charge >= 0.3 is 6.03 Å². The quantitative estimate of drug-likeness (QED) is 0.860. The lowest BCUT2D eigenvalue weighted by molar-refractivity contribution is 0.231. The van der Waals surface area contributed by atoms with Gasteiger partial charge in [0.05, 0.1) is 6.04 Å². The van der Waals surface area contributed by atoms with Crippen LogP contribution in [-0.2, 0) is 0 Å². The molecule has 5 heteroatoms. The van der Waals surface area contributed by atoms with Crippen LogP contribution in [0.3, 0.4) is 0 Å². The van der Waals surface area contributed by atoms with Gasteiger partial charge in [-0.05, 0) is 44.4 Å². The average Bonchev–Trinajstić information content (AvgIpc) is 3.24. The van der Waals surface area contributed by atoms with E-state index in [1.165, 1.54) is 25.7 Å². The molecule has 2 saturated carbocycles. The molecule has 18 heavy (non-hydrogen) atoms. The number of carbonyl (C=O) groups excluding carboxylic acids is 1. The Labute approximate surface area is 111 Å². The summed E-state index contributed by atoms with van der Waals surface area (Å²) in [4.78, 5) is 16.3. The van der Waals surface area contributed by atoms with Gasteiger partial charge in [-0.15, -0.1) is 11.3 Å². The predicted octanol–water partition coefficient (Wildman–Crippen LogP) is 2.69. The zero-order valence-corrected chi connectivity index (χ0v) is 11.4. The Hall–Kier alpha value is -1.10. The molecule has 0 spiro atoms. The van der Waals surface area contributed by atoms with E-state index in [-0.39, 0.29) is 12.1 Å². The normalized spacial score (nSPS) is 22.3. The van der Waals surface area contributed by atoms with Crippen molar-refractivity contribution in [1.82, 2.24) is 15.6 Å². The van der Waals surface area contributed by atoms with Crippen LogP contribution >= 0.6 is 11.3 Å². The van der Waals surface area contributed by atoms with Crippen LogP contribution in [0.4, 0.5) is 4.79 Å². The number of carbonyl (C=O) groups is 1. The Bertz CT molecular complexity index is 412. The van der Waals surface area contributed by atoms with Gasteiger partial charge in [0.1, 0.15) is 5.01 Å². The molecular formula is C13H19N3OS. The molecule has 2 atom stereocenters. The molecule has 2 fully saturated rings. The lowest BCUT2D eigenvalue weighted by Gasteiger charge is -2.19. The number of thiazole rings is 1.